The van der Waals surface area contributed by atoms with Gasteiger partial charge in [-0.2, -0.15) is 0 Å². The standard InChI is InChI=1S/C11H16N2O/c1-8(14)9-3-6-11(12-7-9)13(2)10-4-5-10/h3,6-8,10,14H,4-5H2,1-2H3/t8-/m1/s1. The van der Waals surface area contributed by atoms with Gasteiger partial charge in [0.25, 0.3) is 0 Å². The molecule has 1 fully saturated rings. The molecular weight excluding hydrogens is 176 g/mol. The minimum atomic E-state index is -0.428. The molecule has 1 aliphatic rings. The molecule has 76 valence electrons. The number of rotatable bonds is 3. The van der Waals surface area contributed by atoms with Gasteiger partial charge in [0.1, 0.15) is 5.82 Å². The molecule has 1 saturated carbocycles. The van der Waals surface area contributed by atoms with E-state index >= 15 is 0 Å². The van der Waals surface area contributed by atoms with E-state index in [9.17, 15) is 5.11 Å². The van der Waals surface area contributed by atoms with Crippen LogP contribution >= 0.6 is 0 Å². The second-order valence-electron chi connectivity index (χ2n) is 3.97. The molecular formula is C11H16N2O. The fourth-order valence-electron chi connectivity index (χ4n) is 1.50. The summed E-state index contributed by atoms with van der Waals surface area (Å²) in [6, 6.07) is 4.59. The minimum Gasteiger partial charge on any atom is -0.389 e. The predicted molar refractivity (Wildman–Crippen MR) is 56.3 cm³/mol. The second-order valence-corrected chi connectivity index (χ2v) is 3.97. The quantitative estimate of drug-likeness (QED) is 0.792. The van der Waals surface area contributed by atoms with Crippen molar-refractivity contribution in [2.75, 3.05) is 11.9 Å². The van der Waals surface area contributed by atoms with E-state index in [0.29, 0.717) is 6.04 Å². The van der Waals surface area contributed by atoms with Gasteiger partial charge in [-0.15, -0.1) is 0 Å². The molecule has 1 aliphatic carbocycles. The van der Waals surface area contributed by atoms with Crippen molar-refractivity contribution >= 4 is 5.82 Å². The van der Waals surface area contributed by atoms with Crippen molar-refractivity contribution in [1.29, 1.82) is 0 Å². The van der Waals surface area contributed by atoms with Gasteiger partial charge in [-0.3, -0.25) is 0 Å². The molecule has 2 rings (SSSR count). The van der Waals surface area contributed by atoms with Crippen LogP contribution in [0.15, 0.2) is 18.3 Å². The van der Waals surface area contributed by atoms with Crippen molar-refractivity contribution in [2.24, 2.45) is 0 Å². The van der Waals surface area contributed by atoms with Gasteiger partial charge in [0, 0.05) is 19.3 Å². The zero-order chi connectivity index (χ0) is 10.1. The predicted octanol–water partition coefficient (Wildman–Crippen LogP) is 1.73. The van der Waals surface area contributed by atoms with Crippen LogP contribution in [0.4, 0.5) is 5.82 Å². The van der Waals surface area contributed by atoms with Crippen LogP contribution in [0.3, 0.4) is 0 Å². The molecule has 1 heterocycles. The van der Waals surface area contributed by atoms with Gasteiger partial charge in [0.2, 0.25) is 0 Å². The minimum absolute atomic E-state index is 0.428. The number of hydrogen-bond donors (Lipinski definition) is 1. The first-order valence-corrected chi connectivity index (χ1v) is 5.05. The van der Waals surface area contributed by atoms with Crippen molar-refractivity contribution in [3.63, 3.8) is 0 Å². The summed E-state index contributed by atoms with van der Waals surface area (Å²) in [5.41, 5.74) is 0.873. The zero-order valence-electron chi connectivity index (χ0n) is 8.64. The molecule has 0 bridgehead atoms. The van der Waals surface area contributed by atoms with Crippen molar-refractivity contribution in [3.8, 4) is 0 Å². The Bertz CT molecular complexity index is 304. The molecule has 0 spiro atoms. The van der Waals surface area contributed by atoms with E-state index in [-0.39, 0.29) is 0 Å². The van der Waals surface area contributed by atoms with E-state index in [1.807, 2.05) is 12.1 Å². The molecule has 3 nitrogen and oxygen atoms in total. The van der Waals surface area contributed by atoms with Crippen LogP contribution in [-0.2, 0) is 0 Å². The van der Waals surface area contributed by atoms with Crippen LogP contribution < -0.4 is 4.90 Å². The van der Waals surface area contributed by atoms with Crippen molar-refractivity contribution in [2.45, 2.75) is 31.9 Å². The van der Waals surface area contributed by atoms with Crippen LogP contribution in [0.2, 0.25) is 0 Å². The number of aromatic nitrogens is 1. The largest absolute Gasteiger partial charge is 0.389 e. The summed E-state index contributed by atoms with van der Waals surface area (Å²) in [7, 11) is 2.07. The maximum atomic E-state index is 9.32. The molecule has 3 heteroatoms. The fourth-order valence-corrected chi connectivity index (χ4v) is 1.50. The number of hydrogen-bond acceptors (Lipinski definition) is 3. The summed E-state index contributed by atoms with van der Waals surface area (Å²) < 4.78 is 0. The molecule has 14 heavy (non-hydrogen) atoms. The van der Waals surface area contributed by atoms with Crippen LogP contribution in [0.1, 0.15) is 31.4 Å². The lowest BCUT2D eigenvalue weighted by Gasteiger charge is -2.17. The molecule has 0 amide bonds. The molecule has 0 aromatic carbocycles. The molecule has 0 radical (unpaired) electrons. The summed E-state index contributed by atoms with van der Waals surface area (Å²) >= 11 is 0. The summed E-state index contributed by atoms with van der Waals surface area (Å²) in [4.78, 5) is 6.53. The monoisotopic (exact) mass is 192 g/mol. The Hall–Kier alpha value is -1.09. The number of nitrogens with zero attached hydrogens (tertiary/aromatic N) is 2. The normalized spacial score (nSPS) is 17.9. The van der Waals surface area contributed by atoms with E-state index in [2.05, 4.69) is 16.9 Å². The van der Waals surface area contributed by atoms with Gasteiger partial charge in [0.05, 0.1) is 6.10 Å². The first-order valence-electron chi connectivity index (χ1n) is 5.05. The third-order valence-corrected chi connectivity index (χ3v) is 2.71. The Morgan fingerprint density at radius 1 is 1.50 bits per heavy atom. The SMILES string of the molecule is C[C@@H](O)c1ccc(N(C)C2CC2)nc1. The maximum Gasteiger partial charge on any atom is 0.128 e. The highest BCUT2D eigenvalue weighted by Crippen LogP contribution is 2.29. The molecule has 0 saturated heterocycles. The average Bonchev–Trinajstić information content (AvgIpc) is 3.00. The van der Waals surface area contributed by atoms with E-state index in [0.717, 1.165) is 11.4 Å². The Balaban J connectivity index is 2.12. The Kier molecular flexibility index (Phi) is 2.42. The highest BCUT2D eigenvalue weighted by atomic mass is 16.3. The lowest BCUT2D eigenvalue weighted by molar-refractivity contribution is 0.199. The molecule has 1 aromatic rings. The van der Waals surface area contributed by atoms with E-state index in [4.69, 9.17) is 0 Å². The van der Waals surface area contributed by atoms with Crippen LogP contribution in [0.25, 0.3) is 0 Å². The lowest BCUT2D eigenvalue weighted by Crippen LogP contribution is -2.20. The van der Waals surface area contributed by atoms with Crippen LogP contribution in [0.5, 0.6) is 0 Å². The highest BCUT2D eigenvalue weighted by molar-refractivity contribution is 5.41. The van der Waals surface area contributed by atoms with Gasteiger partial charge >= 0.3 is 0 Å². The van der Waals surface area contributed by atoms with Crippen molar-refractivity contribution in [1.82, 2.24) is 4.98 Å². The van der Waals surface area contributed by atoms with E-state index in [1.165, 1.54) is 12.8 Å². The number of pyridine rings is 1. The number of aliphatic hydroxyl groups excluding tert-OH is 1. The van der Waals surface area contributed by atoms with E-state index < -0.39 is 6.10 Å². The van der Waals surface area contributed by atoms with Crippen molar-refractivity contribution < 1.29 is 5.11 Å². The Morgan fingerprint density at radius 3 is 2.64 bits per heavy atom. The summed E-state index contributed by atoms with van der Waals surface area (Å²) in [5.74, 6) is 0.997. The van der Waals surface area contributed by atoms with Gasteiger partial charge in [-0.05, 0) is 31.4 Å². The maximum absolute atomic E-state index is 9.32. The third-order valence-electron chi connectivity index (χ3n) is 2.71. The third kappa shape index (κ3) is 1.87. The smallest absolute Gasteiger partial charge is 0.128 e. The van der Waals surface area contributed by atoms with Gasteiger partial charge < -0.3 is 10.0 Å². The first kappa shape index (κ1) is 9.46. The van der Waals surface area contributed by atoms with Gasteiger partial charge in [0.15, 0.2) is 0 Å². The Labute approximate surface area is 84.4 Å². The van der Waals surface area contributed by atoms with E-state index in [1.54, 1.807) is 13.1 Å². The number of anilines is 1. The zero-order valence-corrected chi connectivity index (χ0v) is 8.64. The topological polar surface area (TPSA) is 36.4 Å². The highest BCUT2D eigenvalue weighted by Gasteiger charge is 2.26. The number of aliphatic hydroxyl groups is 1. The average molecular weight is 192 g/mol. The summed E-state index contributed by atoms with van der Waals surface area (Å²) in [6.07, 6.45) is 3.87. The molecule has 0 unspecified atom stereocenters. The fraction of sp³-hybridized carbons (Fsp3) is 0.545. The van der Waals surface area contributed by atoms with Crippen LogP contribution in [0, 0.1) is 0 Å². The lowest BCUT2D eigenvalue weighted by atomic mass is 10.2. The summed E-state index contributed by atoms with van der Waals surface area (Å²) in [5, 5.41) is 9.32. The molecule has 1 N–H and O–H groups in total. The van der Waals surface area contributed by atoms with Gasteiger partial charge in [-0.25, -0.2) is 4.98 Å². The second kappa shape index (κ2) is 3.58. The first-order chi connectivity index (χ1) is 6.68. The van der Waals surface area contributed by atoms with Crippen LogP contribution in [-0.4, -0.2) is 23.2 Å². The molecule has 1 aromatic heterocycles. The molecule has 1 atom stereocenters. The summed E-state index contributed by atoms with van der Waals surface area (Å²) in [6.45, 7) is 1.75. The Morgan fingerprint density at radius 2 is 2.21 bits per heavy atom. The molecule has 0 aliphatic heterocycles. The van der Waals surface area contributed by atoms with Gasteiger partial charge in [-0.1, -0.05) is 6.07 Å². The van der Waals surface area contributed by atoms with Crippen molar-refractivity contribution in [3.05, 3.63) is 23.9 Å².